The quantitative estimate of drug-likeness (QED) is 0.431. The molecule has 7 heteroatoms. The highest BCUT2D eigenvalue weighted by molar-refractivity contribution is 5.88. The van der Waals surface area contributed by atoms with Crippen LogP contribution >= 0.6 is 0 Å². The molecule has 0 bridgehead atoms. The van der Waals surface area contributed by atoms with Crippen molar-refractivity contribution < 1.29 is 34.0 Å². The molecule has 2 atom stereocenters. The fraction of sp³-hybridized carbons (Fsp3) is 0.571. The third-order valence-electron chi connectivity index (χ3n) is 2.33. The Kier molecular flexibility index (Phi) is 9.27. The van der Waals surface area contributed by atoms with E-state index in [-0.39, 0.29) is 24.4 Å². The van der Waals surface area contributed by atoms with Crippen LogP contribution in [0.15, 0.2) is 24.3 Å². The molecule has 0 rings (SSSR count). The van der Waals surface area contributed by atoms with E-state index in [4.69, 9.17) is 24.4 Å². The van der Waals surface area contributed by atoms with Crippen molar-refractivity contribution >= 4 is 11.9 Å². The highest BCUT2D eigenvalue weighted by Crippen LogP contribution is 2.02. The SMILES string of the molecule is C=C(CO)C(=O)OCC(C)OCC(C)OC(=O)C(=C)CO. The van der Waals surface area contributed by atoms with E-state index in [0.717, 1.165) is 0 Å². The van der Waals surface area contributed by atoms with Crippen LogP contribution in [0.4, 0.5) is 0 Å². The standard InChI is InChI=1S/C14H22O7/c1-9(5-15)13(17)20-7-11(3)19-8-12(4)21-14(18)10(2)6-16/h11-12,15-16H,1-2,5-8H2,3-4H3. The minimum Gasteiger partial charge on any atom is -0.460 e. The number of esters is 2. The van der Waals surface area contributed by atoms with Crippen molar-refractivity contribution in [2.45, 2.75) is 26.1 Å². The lowest BCUT2D eigenvalue weighted by atomic mass is 10.3. The fourth-order valence-electron chi connectivity index (χ4n) is 1.07. The number of aliphatic hydroxyl groups is 2. The number of hydrogen-bond acceptors (Lipinski definition) is 7. The zero-order valence-corrected chi connectivity index (χ0v) is 12.3. The van der Waals surface area contributed by atoms with E-state index in [1.165, 1.54) is 0 Å². The predicted molar refractivity (Wildman–Crippen MR) is 74.4 cm³/mol. The third kappa shape index (κ3) is 8.23. The van der Waals surface area contributed by atoms with Gasteiger partial charge in [-0.05, 0) is 13.8 Å². The molecule has 2 N–H and O–H groups in total. The van der Waals surface area contributed by atoms with Crippen LogP contribution < -0.4 is 0 Å². The van der Waals surface area contributed by atoms with Gasteiger partial charge >= 0.3 is 11.9 Å². The summed E-state index contributed by atoms with van der Waals surface area (Å²) in [5.74, 6) is -1.38. The van der Waals surface area contributed by atoms with Gasteiger partial charge in [-0.1, -0.05) is 13.2 Å². The molecular weight excluding hydrogens is 280 g/mol. The molecule has 0 amide bonds. The second-order valence-corrected chi connectivity index (χ2v) is 4.48. The molecule has 7 nitrogen and oxygen atoms in total. The summed E-state index contributed by atoms with van der Waals surface area (Å²) in [4.78, 5) is 22.5. The number of rotatable bonds is 10. The topological polar surface area (TPSA) is 102 Å². The summed E-state index contributed by atoms with van der Waals surface area (Å²) in [7, 11) is 0. The Morgan fingerprint density at radius 3 is 2.00 bits per heavy atom. The lowest BCUT2D eigenvalue weighted by molar-refractivity contribution is -0.150. The first-order chi connectivity index (χ1) is 9.81. The Balaban J connectivity index is 3.94. The van der Waals surface area contributed by atoms with Gasteiger partial charge in [-0.15, -0.1) is 0 Å². The van der Waals surface area contributed by atoms with Crippen LogP contribution in [-0.2, 0) is 23.8 Å². The largest absolute Gasteiger partial charge is 0.460 e. The summed E-state index contributed by atoms with van der Waals surface area (Å²) >= 11 is 0. The van der Waals surface area contributed by atoms with E-state index in [2.05, 4.69) is 13.2 Å². The molecule has 0 aromatic carbocycles. The summed E-state index contributed by atoms with van der Waals surface area (Å²) in [6, 6.07) is 0. The van der Waals surface area contributed by atoms with E-state index in [9.17, 15) is 9.59 Å². The highest BCUT2D eigenvalue weighted by Gasteiger charge is 2.15. The molecule has 0 radical (unpaired) electrons. The normalized spacial score (nSPS) is 13.1. The smallest absolute Gasteiger partial charge is 0.336 e. The monoisotopic (exact) mass is 302 g/mol. The van der Waals surface area contributed by atoms with Crippen molar-refractivity contribution in [1.82, 2.24) is 0 Å². The van der Waals surface area contributed by atoms with E-state index >= 15 is 0 Å². The Bertz CT molecular complexity index is 389. The molecule has 0 saturated heterocycles. The molecule has 0 aliphatic rings. The van der Waals surface area contributed by atoms with E-state index in [1.807, 2.05) is 0 Å². The van der Waals surface area contributed by atoms with Gasteiger partial charge in [0.05, 0.1) is 37.1 Å². The van der Waals surface area contributed by atoms with Crippen molar-refractivity contribution in [3.63, 3.8) is 0 Å². The maximum absolute atomic E-state index is 11.3. The maximum Gasteiger partial charge on any atom is 0.336 e. The van der Waals surface area contributed by atoms with Gasteiger partial charge in [0, 0.05) is 0 Å². The Morgan fingerprint density at radius 2 is 1.48 bits per heavy atom. The van der Waals surface area contributed by atoms with E-state index < -0.39 is 37.4 Å². The van der Waals surface area contributed by atoms with Crippen molar-refractivity contribution in [2.75, 3.05) is 26.4 Å². The second-order valence-electron chi connectivity index (χ2n) is 4.48. The van der Waals surface area contributed by atoms with Gasteiger partial charge in [-0.3, -0.25) is 0 Å². The third-order valence-corrected chi connectivity index (χ3v) is 2.33. The zero-order chi connectivity index (χ0) is 16.4. The molecule has 0 aromatic rings. The van der Waals surface area contributed by atoms with Crippen LogP contribution in [0.3, 0.4) is 0 Å². The molecule has 0 aromatic heterocycles. The van der Waals surface area contributed by atoms with Crippen molar-refractivity contribution in [3.05, 3.63) is 24.3 Å². The molecule has 0 heterocycles. The molecule has 0 fully saturated rings. The second kappa shape index (κ2) is 10.1. The van der Waals surface area contributed by atoms with E-state index in [1.54, 1.807) is 13.8 Å². The number of ether oxygens (including phenoxy) is 3. The lowest BCUT2D eigenvalue weighted by Gasteiger charge is -2.18. The summed E-state index contributed by atoms with van der Waals surface area (Å²) in [6.07, 6.45) is -0.950. The number of aliphatic hydroxyl groups excluding tert-OH is 2. The minimum atomic E-state index is -0.688. The van der Waals surface area contributed by atoms with Crippen LogP contribution in [0.2, 0.25) is 0 Å². The maximum atomic E-state index is 11.3. The predicted octanol–water partition coefficient (Wildman–Crippen LogP) is -0.0366. The molecular formula is C14H22O7. The van der Waals surface area contributed by atoms with E-state index in [0.29, 0.717) is 0 Å². The van der Waals surface area contributed by atoms with Gasteiger partial charge < -0.3 is 24.4 Å². The molecule has 0 aliphatic heterocycles. The molecule has 2 unspecified atom stereocenters. The van der Waals surface area contributed by atoms with Crippen LogP contribution in [0.25, 0.3) is 0 Å². The minimum absolute atomic E-state index is 0.0120. The molecule has 0 aliphatic carbocycles. The van der Waals surface area contributed by atoms with Crippen LogP contribution in [0.1, 0.15) is 13.8 Å². The van der Waals surface area contributed by atoms with Crippen LogP contribution in [0, 0.1) is 0 Å². The van der Waals surface area contributed by atoms with Crippen LogP contribution in [-0.4, -0.2) is 60.8 Å². The molecule has 120 valence electrons. The summed E-state index contributed by atoms with van der Waals surface area (Å²) in [5.41, 5.74) is -0.0710. The Hall–Kier alpha value is -1.70. The van der Waals surface area contributed by atoms with Gasteiger partial charge in [-0.25, -0.2) is 9.59 Å². The zero-order valence-electron chi connectivity index (χ0n) is 12.3. The molecule has 21 heavy (non-hydrogen) atoms. The number of carbonyl (C=O) groups excluding carboxylic acids is 2. The Morgan fingerprint density at radius 1 is 0.952 bits per heavy atom. The average molecular weight is 302 g/mol. The summed E-state index contributed by atoms with van der Waals surface area (Å²) in [5, 5.41) is 17.4. The van der Waals surface area contributed by atoms with Gasteiger partial charge in [0.1, 0.15) is 12.7 Å². The summed E-state index contributed by atoms with van der Waals surface area (Å²) < 4.78 is 15.1. The first-order valence-corrected chi connectivity index (χ1v) is 6.38. The first kappa shape index (κ1) is 19.3. The van der Waals surface area contributed by atoms with Crippen molar-refractivity contribution in [2.24, 2.45) is 0 Å². The number of carbonyl (C=O) groups is 2. The molecule has 0 saturated carbocycles. The lowest BCUT2D eigenvalue weighted by Crippen LogP contribution is -2.27. The van der Waals surface area contributed by atoms with Crippen LogP contribution in [0.5, 0.6) is 0 Å². The highest BCUT2D eigenvalue weighted by atomic mass is 16.6. The van der Waals surface area contributed by atoms with Crippen molar-refractivity contribution in [3.8, 4) is 0 Å². The van der Waals surface area contributed by atoms with Gasteiger partial charge in [0.25, 0.3) is 0 Å². The first-order valence-electron chi connectivity index (χ1n) is 6.38. The Labute approximate surface area is 123 Å². The molecule has 0 spiro atoms. The van der Waals surface area contributed by atoms with Gasteiger partial charge in [0.15, 0.2) is 0 Å². The fourth-order valence-corrected chi connectivity index (χ4v) is 1.07. The van der Waals surface area contributed by atoms with Crippen molar-refractivity contribution in [1.29, 1.82) is 0 Å². The van der Waals surface area contributed by atoms with Gasteiger partial charge in [-0.2, -0.15) is 0 Å². The average Bonchev–Trinajstić information content (AvgIpc) is 2.48. The van der Waals surface area contributed by atoms with Gasteiger partial charge in [0.2, 0.25) is 0 Å². The summed E-state index contributed by atoms with van der Waals surface area (Å²) in [6.45, 7) is 9.13. The number of hydrogen-bond donors (Lipinski definition) is 2.